The number of likely N-dealkylation sites (tertiary alicyclic amines) is 1. The van der Waals surface area contributed by atoms with Crippen LogP contribution in [0.4, 0.5) is 6.01 Å². The minimum Gasteiger partial charge on any atom is -0.424 e. The lowest BCUT2D eigenvalue weighted by molar-refractivity contribution is -0.144. The highest BCUT2D eigenvalue weighted by molar-refractivity contribution is 6.37. The van der Waals surface area contributed by atoms with Gasteiger partial charge in [0.2, 0.25) is 17.6 Å². The standard InChI is InChI=1S/C29H39N5O5/c1-28(2,3)23(33-27-32-17-11-6-7-12-19(17)39-27)26(38)34-14-16-20(29(16,4)5)21(34)25(37)31-18(22(35)24(30)36)13-15-9-8-10-15/h6-7,11-12,15-16,18,20-21,23H,8-10,13-14H2,1-5H3,(H2,30,36)(H,31,37)(H,32,33)/t16-,18?,20?,21+,23+/m1/s1. The topological polar surface area (TPSA) is 148 Å². The third-order valence-electron chi connectivity index (χ3n) is 9.10. The van der Waals surface area contributed by atoms with Crippen LogP contribution in [0.1, 0.15) is 60.3 Å². The van der Waals surface area contributed by atoms with Gasteiger partial charge in [0.25, 0.3) is 11.9 Å². The van der Waals surface area contributed by atoms with Crippen molar-refractivity contribution in [2.75, 3.05) is 11.9 Å². The molecule has 4 N–H and O–H groups in total. The van der Waals surface area contributed by atoms with E-state index in [4.69, 9.17) is 10.2 Å². The molecule has 5 rings (SSSR count). The number of anilines is 1. The summed E-state index contributed by atoms with van der Waals surface area (Å²) in [4.78, 5) is 58.4. The van der Waals surface area contributed by atoms with Crippen molar-refractivity contribution < 1.29 is 23.6 Å². The van der Waals surface area contributed by atoms with Gasteiger partial charge in [0.15, 0.2) is 5.58 Å². The fourth-order valence-electron chi connectivity index (χ4n) is 6.41. The third-order valence-corrected chi connectivity index (χ3v) is 9.10. The van der Waals surface area contributed by atoms with Crippen LogP contribution in [0, 0.1) is 28.6 Å². The van der Waals surface area contributed by atoms with E-state index in [-0.39, 0.29) is 35.1 Å². The molecule has 3 fully saturated rings. The van der Waals surface area contributed by atoms with Crippen LogP contribution in [0.2, 0.25) is 0 Å². The molecule has 3 amide bonds. The van der Waals surface area contributed by atoms with Gasteiger partial charge >= 0.3 is 0 Å². The van der Waals surface area contributed by atoms with Crippen LogP contribution in [0.3, 0.4) is 0 Å². The Morgan fingerprint density at radius 3 is 2.46 bits per heavy atom. The Morgan fingerprint density at radius 2 is 1.87 bits per heavy atom. The lowest BCUT2D eigenvalue weighted by Gasteiger charge is -2.38. The van der Waals surface area contributed by atoms with E-state index in [1.165, 1.54) is 0 Å². The molecule has 2 heterocycles. The average molecular weight is 538 g/mol. The summed E-state index contributed by atoms with van der Waals surface area (Å²) in [6.07, 6.45) is 3.37. The van der Waals surface area contributed by atoms with E-state index in [1.54, 1.807) is 4.90 Å². The summed E-state index contributed by atoms with van der Waals surface area (Å²) < 4.78 is 5.84. The number of para-hydroxylation sites is 2. The molecule has 2 aromatic rings. The number of piperidine rings is 1. The number of amides is 3. The summed E-state index contributed by atoms with van der Waals surface area (Å²) in [6.45, 7) is 10.5. The van der Waals surface area contributed by atoms with Crippen molar-refractivity contribution in [3.05, 3.63) is 24.3 Å². The molecule has 1 aromatic carbocycles. The molecule has 2 aliphatic carbocycles. The molecular weight excluding hydrogens is 498 g/mol. The molecule has 1 aromatic heterocycles. The Balaban J connectivity index is 1.39. The second-order valence-corrected chi connectivity index (χ2v) is 13.1. The maximum atomic E-state index is 14.1. The number of benzene rings is 1. The maximum Gasteiger partial charge on any atom is 0.296 e. The lowest BCUT2D eigenvalue weighted by Crippen LogP contribution is -2.58. The van der Waals surface area contributed by atoms with Gasteiger partial charge in [-0.3, -0.25) is 19.2 Å². The number of primary amides is 1. The van der Waals surface area contributed by atoms with Crippen LogP contribution in [0.15, 0.2) is 28.7 Å². The van der Waals surface area contributed by atoms with Gasteiger partial charge in [-0.05, 0) is 47.1 Å². The molecule has 3 aliphatic rings. The van der Waals surface area contributed by atoms with Gasteiger partial charge in [-0.1, -0.05) is 66.0 Å². The molecule has 39 heavy (non-hydrogen) atoms. The molecule has 1 saturated heterocycles. The molecule has 0 radical (unpaired) electrons. The van der Waals surface area contributed by atoms with Crippen molar-refractivity contribution in [1.82, 2.24) is 15.2 Å². The second-order valence-electron chi connectivity index (χ2n) is 13.1. The first-order valence-corrected chi connectivity index (χ1v) is 13.9. The third kappa shape index (κ3) is 5.01. The number of rotatable bonds is 9. The number of oxazole rings is 1. The number of fused-ring (bicyclic) bond motifs is 2. The Kier molecular flexibility index (Phi) is 6.71. The minimum absolute atomic E-state index is 0.0422. The fourth-order valence-corrected chi connectivity index (χ4v) is 6.41. The molecule has 5 atom stereocenters. The van der Waals surface area contributed by atoms with E-state index in [9.17, 15) is 19.2 Å². The molecule has 2 saturated carbocycles. The predicted octanol–water partition coefficient (Wildman–Crippen LogP) is 2.87. The summed E-state index contributed by atoms with van der Waals surface area (Å²) in [5, 5.41) is 6.02. The van der Waals surface area contributed by atoms with E-state index < -0.39 is 41.1 Å². The van der Waals surface area contributed by atoms with Crippen LogP contribution in [-0.2, 0) is 19.2 Å². The van der Waals surface area contributed by atoms with E-state index in [1.807, 2.05) is 45.0 Å². The van der Waals surface area contributed by atoms with Crippen molar-refractivity contribution in [1.29, 1.82) is 0 Å². The van der Waals surface area contributed by atoms with Gasteiger partial charge in [0, 0.05) is 6.54 Å². The number of nitrogens with two attached hydrogens (primary N) is 1. The molecular formula is C29H39N5O5. The number of nitrogens with zero attached hydrogens (tertiary/aromatic N) is 2. The summed E-state index contributed by atoms with van der Waals surface area (Å²) in [6, 6.07) is 5.15. The van der Waals surface area contributed by atoms with Crippen LogP contribution in [0.25, 0.3) is 11.1 Å². The van der Waals surface area contributed by atoms with Gasteiger partial charge in [0.05, 0.1) is 6.04 Å². The Labute approximate surface area is 228 Å². The maximum absolute atomic E-state index is 14.1. The highest BCUT2D eigenvalue weighted by Crippen LogP contribution is 2.65. The number of hydrogen-bond donors (Lipinski definition) is 3. The Hall–Kier alpha value is -3.43. The van der Waals surface area contributed by atoms with Gasteiger partial charge in [-0.25, -0.2) is 0 Å². The van der Waals surface area contributed by atoms with Gasteiger partial charge in [-0.15, -0.1) is 0 Å². The Morgan fingerprint density at radius 1 is 1.18 bits per heavy atom. The van der Waals surface area contributed by atoms with Crippen LogP contribution in [-0.4, -0.2) is 58.1 Å². The first-order valence-electron chi connectivity index (χ1n) is 13.9. The molecule has 10 heteroatoms. The lowest BCUT2D eigenvalue weighted by atomic mass is 9.80. The number of hydrogen-bond acceptors (Lipinski definition) is 7. The highest BCUT2D eigenvalue weighted by atomic mass is 16.4. The molecule has 210 valence electrons. The van der Waals surface area contributed by atoms with Crippen LogP contribution < -0.4 is 16.4 Å². The van der Waals surface area contributed by atoms with E-state index >= 15 is 0 Å². The first-order chi connectivity index (χ1) is 18.3. The SMILES string of the molecule is CC(C)(C)[C@@H](Nc1nc2ccccc2o1)C(=O)N1C[C@@H]2C([C@H]1C(=O)NC(CC1CCC1)C(=O)C(N)=O)C2(C)C. The zero-order valence-corrected chi connectivity index (χ0v) is 23.3. The van der Waals surface area contributed by atoms with Crippen LogP contribution in [0.5, 0.6) is 0 Å². The zero-order chi connectivity index (χ0) is 28.3. The molecule has 0 bridgehead atoms. The van der Waals surface area contributed by atoms with E-state index in [0.717, 1.165) is 19.3 Å². The smallest absolute Gasteiger partial charge is 0.296 e. The normalized spacial score (nSPS) is 25.4. The van der Waals surface area contributed by atoms with Crippen LogP contribution >= 0.6 is 0 Å². The largest absolute Gasteiger partial charge is 0.424 e. The van der Waals surface area contributed by atoms with E-state index in [0.29, 0.717) is 24.1 Å². The summed E-state index contributed by atoms with van der Waals surface area (Å²) >= 11 is 0. The predicted molar refractivity (Wildman–Crippen MR) is 145 cm³/mol. The van der Waals surface area contributed by atoms with Crippen molar-refractivity contribution >= 4 is 40.6 Å². The molecule has 1 aliphatic heterocycles. The first kappa shape index (κ1) is 27.1. The molecule has 0 spiro atoms. The van der Waals surface area contributed by atoms with Crippen molar-refractivity contribution in [2.24, 2.45) is 34.3 Å². The second kappa shape index (κ2) is 9.64. The quantitative estimate of drug-likeness (QED) is 0.417. The number of aromatic nitrogens is 1. The minimum atomic E-state index is -1.06. The molecule has 2 unspecified atom stereocenters. The number of nitrogens with one attached hydrogen (secondary N) is 2. The average Bonchev–Trinajstić information content (AvgIpc) is 3.19. The number of carbonyl (C=O) groups excluding carboxylic acids is 4. The van der Waals surface area contributed by atoms with Crippen molar-refractivity contribution in [2.45, 2.75) is 78.4 Å². The van der Waals surface area contributed by atoms with Gasteiger partial charge in [0.1, 0.15) is 17.6 Å². The summed E-state index contributed by atoms with van der Waals surface area (Å²) in [7, 11) is 0. The van der Waals surface area contributed by atoms with Gasteiger partial charge < -0.3 is 25.7 Å². The van der Waals surface area contributed by atoms with E-state index in [2.05, 4.69) is 29.5 Å². The number of carbonyl (C=O) groups is 4. The molecule has 10 nitrogen and oxygen atoms in total. The highest BCUT2D eigenvalue weighted by Gasteiger charge is 2.69. The summed E-state index contributed by atoms with van der Waals surface area (Å²) in [5.41, 5.74) is 5.96. The van der Waals surface area contributed by atoms with Gasteiger partial charge in [-0.2, -0.15) is 4.98 Å². The van der Waals surface area contributed by atoms with Crippen molar-refractivity contribution in [3.8, 4) is 0 Å². The monoisotopic (exact) mass is 537 g/mol. The number of ketones is 1. The summed E-state index contributed by atoms with van der Waals surface area (Å²) in [5.74, 6) is -2.09. The fraction of sp³-hybridized carbons (Fsp3) is 0.621. The zero-order valence-electron chi connectivity index (χ0n) is 23.3. The number of Topliss-reactive ketones (excluding diaryl/α,β-unsaturated/α-hetero) is 1. The van der Waals surface area contributed by atoms with Crippen molar-refractivity contribution in [3.63, 3.8) is 0 Å². The Bertz CT molecular complexity index is 1270.